The Morgan fingerprint density at radius 2 is 2.19 bits per heavy atom. The van der Waals surface area contributed by atoms with Crippen molar-refractivity contribution < 1.29 is 8.94 Å². The second kappa shape index (κ2) is 4.49. The summed E-state index contributed by atoms with van der Waals surface area (Å²) in [4.78, 5) is 4.31. The van der Waals surface area contributed by atoms with E-state index >= 15 is 0 Å². The van der Waals surface area contributed by atoms with Gasteiger partial charge in [-0.3, -0.25) is 0 Å². The van der Waals surface area contributed by atoms with Gasteiger partial charge in [-0.2, -0.15) is 4.98 Å². The number of nitrogens with one attached hydrogen (secondary N) is 1. The molecule has 0 aliphatic carbocycles. The van der Waals surface area contributed by atoms with Gasteiger partial charge in [0, 0.05) is 13.0 Å². The van der Waals surface area contributed by atoms with Gasteiger partial charge < -0.3 is 14.3 Å². The first-order chi connectivity index (χ1) is 7.70. The SMILES string of the molecule is CNCCc1noc(-c2cc(C)oc2C)n1. The van der Waals surface area contributed by atoms with E-state index in [1.165, 1.54) is 0 Å². The third-order valence-electron chi connectivity index (χ3n) is 2.34. The van der Waals surface area contributed by atoms with E-state index < -0.39 is 0 Å². The molecule has 0 radical (unpaired) electrons. The molecule has 0 spiro atoms. The average molecular weight is 221 g/mol. The first-order valence-electron chi connectivity index (χ1n) is 5.25. The summed E-state index contributed by atoms with van der Waals surface area (Å²) >= 11 is 0. The lowest BCUT2D eigenvalue weighted by Crippen LogP contribution is -2.10. The third kappa shape index (κ3) is 2.14. The number of rotatable bonds is 4. The van der Waals surface area contributed by atoms with Crippen LogP contribution in [0.15, 0.2) is 15.0 Å². The van der Waals surface area contributed by atoms with E-state index in [1.807, 2.05) is 27.0 Å². The molecule has 0 amide bonds. The molecule has 2 aromatic heterocycles. The predicted octanol–water partition coefficient (Wildman–Crippen LogP) is 1.71. The minimum Gasteiger partial charge on any atom is -0.466 e. The monoisotopic (exact) mass is 221 g/mol. The van der Waals surface area contributed by atoms with Gasteiger partial charge in [-0.15, -0.1) is 0 Å². The van der Waals surface area contributed by atoms with Crippen LogP contribution in [0.1, 0.15) is 17.3 Å². The second-order valence-corrected chi connectivity index (χ2v) is 3.70. The number of hydrogen-bond donors (Lipinski definition) is 1. The lowest BCUT2D eigenvalue weighted by atomic mass is 10.2. The number of nitrogens with zero attached hydrogens (tertiary/aromatic N) is 2. The number of furan rings is 1. The minimum absolute atomic E-state index is 0.528. The van der Waals surface area contributed by atoms with Gasteiger partial charge in [0.2, 0.25) is 0 Å². The molecule has 0 atom stereocenters. The Hall–Kier alpha value is -1.62. The summed E-state index contributed by atoms with van der Waals surface area (Å²) in [5.41, 5.74) is 0.876. The van der Waals surface area contributed by atoms with E-state index in [-0.39, 0.29) is 0 Å². The summed E-state index contributed by atoms with van der Waals surface area (Å²) in [6.45, 7) is 4.62. The summed E-state index contributed by atoms with van der Waals surface area (Å²) in [5, 5.41) is 6.95. The normalized spacial score (nSPS) is 10.9. The van der Waals surface area contributed by atoms with Crippen molar-refractivity contribution >= 4 is 0 Å². The fourth-order valence-electron chi connectivity index (χ4n) is 1.54. The van der Waals surface area contributed by atoms with E-state index in [0.717, 1.165) is 30.0 Å². The maximum atomic E-state index is 5.42. The van der Waals surface area contributed by atoms with Crippen LogP contribution in [-0.2, 0) is 6.42 Å². The molecule has 0 fully saturated rings. The zero-order valence-electron chi connectivity index (χ0n) is 9.70. The van der Waals surface area contributed by atoms with Crippen LogP contribution >= 0.6 is 0 Å². The van der Waals surface area contributed by atoms with Gasteiger partial charge in [0.15, 0.2) is 5.82 Å². The molecule has 2 rings (SSSR count). The fourth-order valence-corrected chi connectivity index (χ4v) is 1.54. The van der Waals surface area contributed by atoms with Gasteiger partial charge in [0.1, 0.15) is 11.5 Å². The van der Waals surface area contributed by atoms with Gasteiger partial charge in [-0.25, -0.2) is 0 Å². The van der Waals surface area contributed by atoms with Crippen molar-refractivity contribution in [2.45, 2.75) is 20.3 Å². The van der Waals surface area contributed by atoms with E-state index in [1.54, 1.807) is 0 Å². The number of hydrogen-bond acceptors (Lipinski definition) is 5. The second-order valence-electron chi connectivity index (χ2n) is 3.70. The van der Waals surface area contributed by atoms with Crippen LogP contribution in [0.5, 0.6) is 0 Å². The predicted molar refractivity (Wildman–Crippen MR) is 59.1 cm³/mol. The summed E-state index contributed by atoms with van der Waals surface area (Å²) in [5.74, 6) is 2.90. The molecule has 0 aliphatic rings. The van der Waals surface area contributed by atoms with Crippen LogP contribution < -0.4 is 5.32 Å². The zero-order valence-corrected chi connectivity index (χ0v) is 9.70. The molecule has 0 bridgehead atoms. The molecular formula is C11H15N3O2. The Morgan fingerprint density at radius 1 is 1.38 bits per heavy atom. The maximum absolute atomic E-state index is 5.42. The quantitative estimate of drug-likeness (QED) is 0.851. The van der Waals surface area contributed by atoms with Crippen LogP contribution in [0.25, 0.3) is 11.5 Å². The third-order valence-corrected chi connectivity index (χ3v) is 2.34. The summed E-state index contributed by atoms with van der Waals surface area (Å²) in [6.07, 6.45) is 0.760. The molecule has 2 heterocycles. The van der Waals surface area contributed by atoms with Gasteiger partial charge in [-0.1, -0.05) is 5.16 Å². The van der Waals surface area contributed by atoms with Crippen molar-refractivity contribution in [3.8, 4) is 11.5 Å². The number of aromatic nitrogens is 2. The van der Waals surface area contributed by atoms with Crippen molar-refractivity contribution in [3.63, 3.8) is 0 Å². The van der Waals surface area contributed by atoms with E-state index in [2.05, 4.69) is 15.5 Å². The molecule has 16 heavy (non-hydrogen) atoms. The standard InChI is InChI=1S/C11H15N3O2/c1-7-6-9(8(2)15-7)11-13-10(14-16-11)4-5-12-3/h6,12H,4-5H2,1-3H3. The molecule has 5 nitrogen and oxygen atoms in total. The highest BCUT2D eigenvalue weighted by Gasteiger charge is 2.14. The Kier molecular flexibility index (Phi) is 3.05. The highest BCUT2D eigenvalue weighted by atomic mass is 16.5. The smallest absolute Gasteiger partial charge is 0.261 e. The molecule has 0 saturated heterocycles. The van der Waals surface area contributed by atoms with Crippen LogP contribution in [0.2, 0.25) is 0 Å². The summed E-state index contributed by atoms with van der Waals surface area (Å²) < 4.78 is 10.6. The van der Waals surface area contributed by atoms with E-state index in [4.69, 9.17) is 8.94 Å². The molecular weight excluding hydrogens is 206 g/mol. The lowest BCUT2D eigenvalue weighted by Gasteiger charge is -1.90. The molecule has 5 heteroatoms. The molecule has 2 aromatic rings. The molecule has 0 saturated carbocycles. The van der Waals surface area contributed by atoms with Crippen molar-refractivity contribution in [1.82, 2.24) is 15.5 Å². The van der Waals surface area contributed by atoms with E-state index in [9.17, 15) is 0 Å². The van der Waals surface area contributed by atoms with Crippen LogP contribution in [-0.4, -0.2) is 23.7 Å². The lowest BCUT2D eigenvalue weighted by molar-refractivity contribution is 0.420. The molecule has 0 unspecified atom stereocenters. The van der Waals surface area contributed by atoms with E-state index in [0.29, 0.717) is 11.7 Å². The van der Waals surface area contributed by atoms with Gasteiger partial charge >= 0.3 is 0 Å². The Labute approximate surface area is 93.8 Å². The Bertz CT molecular complexity index is 473. The molecule has 0 aliphatic heterocycles. The average Bonchev–Trinajstić information content (AvgIpc) is 2.82. The zero-order chi connectivity index (χ0) is 11.5. The van der Waals surface area contributed by atoms with Crippen LogP contribution in [0.4, 0.5) is 0 Å². The van der Waals surface area contributed by atoms with Gasteiger partial charge in [-0.05, 0) is 27.0 Å². The molecule has 0 aromatic carbocycles. The Balaban J connectivity index is 2.21. The van der Waals surface area contributed by atoms with Crippen LogP contribution in [0.3, 0.4) is 0 Å². The largest absolute Gasteiger partial charge is 0.466 e. The maximum Gasteiger partial charge on any atom is 0.261 e. The highest BCUT2D eigenvalue weighted by molar-refractivity contribution is 5.55. The van der Waals surface area contributed by atoms with Crippen molar-refractivity contribution in [1.29, 1.82) is 0 Å². The van der Waals surface area contributed by atoms with Gasteiger partial charge in [0.25, 0.3) is 5.89 Å². The summed E-state index contributed by atoms with van der Waals surface area (Å²) in [7, 11) is 1.89. The first kappa shape index (κ1) is 10.9. The minimum atomic E-state index is 0.528. The molecule has 86 valence electrons. The fraction of sp³-hybridized carbons (Fsp3) is 0.455. The van der Waals surface area contributed by atoms with Crippen molar-refractivity contribution in [2.75, 3.05) is 13.6 Å². The van der Waals surface area contributed by atoms with Crippen LogP contribution in [0, 0.1) is 13.8 Å². The highest BCUT2D eigenvalue weighted by Crippen LogP contribution is 2.24. The Morgan fingerprint density at radius 3 is 2.81 bits per heavy atom. The summed E-state index contributed by atoms with van der Waals surface area (Å²) in [6, 6.07) is 1.91. The first-order valence-corrected chi connectivity index (χ1v) is 5.25. The van der Waals surface area contributed by atoms with Gasteiger partial charge in [0.05, 0.1) is 5.56 Å². The number of aryl methyl sites for hydroxylation is 2. The van der Waals surface area contributed by atoms with Crippen molar-refractivity contribution in [3.05, 3.63) is 23.4 Å². The van der Waals surface area contributed by atoms with Crippen molar-refractivity contribution in [2.24, 2.45) is 0 Å². The number of likely N-dealkylation sites (N-methyl/N-ethyl adjacent to an activating group) is 1. The molecule has 1 N–H and O–H groups in total. The topological polar surface area (TPSA) is 64.1 Å².